The zero-order valence-corrected chi connectivity index (χ0v) is 21.0. The van der Waals surface area contributed by atoms with E-state index < -0.39 is 0 Å². The highest BCUT2D eigenvalue weighted by molar-refractivity contribution is 9.10. The first-order chi connectivity index (χ1) is 14.8. The number of thioether (sulfide) groups is 1. The second-order valence-electron chi connectivity index (χ2n) is 7.65. The number of aromatic nitrogens is 1. The van der Waals surface area contributed by atoms with Crippen molar-refractivity contribution in [1.29, 1.82) is 0 Å². The summed E-state index contributed by atoms with van der Waals surface area (Å²) >= 11 is 5.31. The van der Waals surface area contributed by atoms with E-state index in [2.05, 4.69) is 89.1 Å². The van der Waals surface area contributed by atoms with Crippen LogP contribution in [0.5, 0.6) is 0 Å². The van der Waals surface area contributed by atoms with Gasteiger partial charge in [-0.05, 0) is 67.2 Å². The Morgan fingerprint density at radius 2 is 1.71 bits per heavy atom. The van der Waals surface area contributed by atoms with Crippen LogP contribution in [0.15, 0.2) is 58.1 Å². The molecule has 0 aliphatic heterocycles. The lowest BCUT2D eigenvalue weighted by atomic mass is 10.1. The molecule has 1 aromatic heterocycles. The van der Waals surface area contributed by atoms with Crippen molar-refractivity contribution in [3.63, 3.8) is 0 Å². The van der Waals surface area contributed by atoms with Gasteiger partial charge in [-0.25, -0.2) is 5.43 Å². The number of aryl methyl sites for hydroxylation is 2. The molecule has 0 aliphatic rings. The number of nitrogens with one attached hydrogen (secondary N) is 1. The largest absolute Gasteiger partial charge is 0.316 e. The summed E-state index contributed by atoms with van der Waals surface area (Å²) in [5.74, 6) is 0.693. The van der Waals surface area contributed by atoms with Crippen LogP contribution in [0.1, 0.15) is 40.6 Å². The molecule has 0 spiro atoms. The molecule has 162 valence electrons. The van der Waals surface area contributed by atoms with E-state index in [1.54, 1.807) is 18.0 Å². The summed E-state index contributed by atoms with van der Waals surface area (Å²) in [6.45, 7) is 10.3. The number of carbonyl (C=O) groups is 1. The van der Waals surface area contributed by atoms with Crippen LogP contribution < -0.4 is 5.43 Å². The van der Waals surface area contributed by atoms with Gasteiger partial charge in [0.2, 0.25) is 0 Å². The number of benzene rings is 2. The fourth-order valence-corrected chi connectivity index (χ4v) is 5.00. The molecule has 1 N–H and O–H groups in total. The van der Waals surface area contributed by atoms with Crippen LogP contribution in [0.4, 0.5) is 0 Å². The summed E-state index contributed by atoms with van der Waals surface area (Å²) in [5, 5.41) is 4.06. The zero-order chi connectivity index (χ0) is 22.5. The molecule has 3 rings (SSSR count). The minimum absolute atomic E-state index is 0.100. The molecule has 1 amide bonds. The fourth-order valence-electron chi connectivity index (χ4n) is 3.59. The van der Waals surface area contributed by atoms with Crippen molar-refractivity contribution in [2.24, 2.45) is 5.10 Å². The highest BCUT2D eigenvalue weighted by atomic mass is 79.9. The van der Waals surface area contributed by atoms with Gasteiger partial charge in [0.25, 0.3) is 5.91 Å². The molecule has 2 aromatic carbocycles. The Morgan fingerprint density at radius 3 is 2.35 bits per heavy atom. The number of halogens is 1. The van der Waals surface area contributed by atoms with Crippen molar-refractivity contribution >= 4 is 39.8 Å². The van der Waals surface area contributed by atoms with Gasteiger partial charge in [-0.15, -0.1) is 11.8 Å². The van der Waals surface area contributed by atoms with Gasteiger partial charge in [-0.1, -0.05) is 48.5 Å². The number of rotatable bonds is 7. The van der Waals surface area contributed by atoms with E-state index in [4.69, 9.17) is 0 Å². The summed E-state index contributed by atoms with van der Waals surface area (Å²) in [6.07, 6.45) is 1.73. The average Bonchev–Trinajstić information content (AvgIpc) is 2.96. The number of amides is 1. The monoisotopic (exact) mass is 497 g/mol. The molecule has 6 heteroatoms. The van der Waals surface area contributed by atoms with Crippen molar-refractivity contribution in [3.8, 4) is 5.69 Å². The molecule has 0 saturated carbocycles. The van der Waals surface area contributed by atoms with Crippen molar-refractivity contribution in [1.82, 2.24) is 9.99 Å². The second-order valence-corrected chi connectivity index (χ2v) is 9.77. The molecule has 1 atom stereocenters. The van der Waals surface area contributed by atoms with E-state index in [-0.39, 0.29) is 11.2 Å². The molecule has 0 fully saturated rings. The lowest BCUT2D eigenvalue weighted by Gasteiger charge is -2.15. The zero-order valence-electron chi connectivity index (χ0n) is 18.6. The van der Waals surface area contributed by atoms with E-state index in [1.165, 1.54) is 22.4 Å². The van der Waals surface area contributed by atoms with Gasteiger partial charge in [-0.2, -0.15) is 5.10 Å². The Bertz CT molecular complexity index is 1090. The minimum atomic E-state index is -0.192. The van der Waals surface area contributed by atoms with Gasteiger partial charge in [0.1, 0.15) is 0 Å². The Balaban J connectivity index is 1.72. The quantitative estimate of drug-likeness (QED) is 0.309. The highest BCUT2D eigenvalue weighted by Crippen LogP contribution is 2.32. The molecule has 0 bridgehead atoms. The van der Waals surface area contributed by atoms with Gasteiger partial charge < -0.3 is 4.57 Å². The van der Waals surface area contributed by atoms with E-state index >= 15 is 0 Å². The van der Waals surface area contributed by atoms with Gasteiger partial charge in [0, 0.05) is 27.2 Å². The van der Waals surface area contributed by atoms with Crippen LogP contribution in [-0.4, -0.2) is 21.9 Å². The molecular formula is C25H28BrN3OS. The smallest absolute Gasteiger partial charge is 0.252 e. The standard InChI is InChI=1S/C25H28BrN3OS/c1-16-10-9-11-17(2)24(16)29-18(3)22(23(26)19(29)4)14-27-28-25(30)20(5)31-15-21-12-7-6-8-13-21/h6-14,20H,15H2,1-5H3,(H,28,30)/b27-14-/t20-/m1/s1. The Morgan fingerprint density at radius 1 is 1.06 bits per heavy atom. The third-order valence-corrected chi connectivity index (χ3v) is 7.57. The van der Waals surface area contributed by atoms with Crippen molar-refractivity contribution in [3.05, 3.63) is 86.6 Å². The number of nitrogens with zero attached hydrogens (tertiary/aromatic N) is 2. The van der Waals surface area contributed by atoms with E-state index in [0.29, 0.717) is 0 Å². The Labute approximate surface area is 197 Å². The predicted octanol–water partition coefficient (Wildman–Crippen LogP) is 6.25. The SMILES string of the molecule is Cc1cccc(C)c1-n1c(C)c(Br)c(/C=N\NC(=O)[C@@H](C)SCc2ccccc2)c1C. The lowest BCUT2D eigenvalue weighted by Crippen LogP contribution is -2.27. The third-order valence-electron chi connectivity index (χ3n) is 5.36. The third kappa shape index (κ3) is 5.31. The summed E-state index contributed by atoms with van der Waals surface area (Å²) < 4.78 is 3.23. The maximum atomic E-state index is 12.4. The number of hydrogen-bond acceptors (Lipinski definition) is 3. The van der Waals surface area contributed by atoms with E-state index in [0.717, 1.165) is 27.2 Å². The van der Waals surface area contributed by atoms with Crippen LogP contribution in [0.2, 0.25) is 0 Å². The van der Waals surface area contributed by atoms with Crippen molar-refractivity contribution in [2.75, 3.05) is 0 Å². The van der Waals surface area contributed by atoms with Crippen LogP contribution in [0.3, 0.4) is 0 Å². The van der Waals surface area contributed by atoms with Gasteiger partial charge in [0.05, 0.1) is 17.2 Å². The molecule has 0 radical (unpaired) electrons. The average molecular weight is 498 g/mol. The molecule has 3 aromatic rings. The molecule has 0 aliphatic carbocycles. The van der Waals surface area contributed by atoms with Crippen LogP contribution >= 0.6 is 27.7 Å². The number of para-hydroxylation sites is 1. The first-order valence-corrected chi connectivity index (χ1v) is 12.1. The molecule has 4 nitrogen and oxygen atoms in total. The van der Waals surface area contributed by atoms with Gasteiger partial charge >= 0.3 is 0 Å². The van der Waals surface area contributed by atoms with E-state index in [9.17, 15) is 4.79 Å². The first kappa shape index (κ1) is 23.4. The topological polar surface area (TPSA) is 46.4 Å². The molecule has 0 unspecified atom stereocenters. The maximum Gasteiger partial charge on any atom is 0.252 e. The molecule has 0 saturated heterocycles. The summed E-state index contributed by atoms with van der Waals surface area (Å²) in [6, 6.07) is 16.5. The summed E-state index contributed by atoms with van der Waals surface area (Å²) in [7, 11) is 0. The fraction of sp³-hybridized carbons (Fsp3) is 0.280. The second kappa shape index (κ2) is 10.3. The first-order valence-electron chi connectivity index (χ1n) is 10.2. The normalized spacial score (nSPS) is 12.3. The number of carbonyl (C=O) groups excluding carboxylic acids is 1. The number of hydrogen-bond donors (Lipinski definition) is 1. The Kier molecular flexibility index (Phi) is 7.79. The van der Waals surface area contributed by atoms with Gasteiger partial charge in [-0.3, -0.25) is 4.79 Å². The van der Waals surface area contributed by atoms with Crippen LogP contribution in [0, 0.1) is 27.7 Å². The van der Waals surface area contributed by atoms with E-state index in [1.807, 2.05) is 25.1 Å². The molecule has 1 heterocycles. The minimum Gasteiger partial charge on any atom is -0.316 e. The Hall–Kier alpha value is -2.31. The van der Waals surface area contributed by atoms with Crippen LogP contribution in [0.25, 0.3) is 5.69 Å². The molecule has 31 heavy (non-hydrogen) atoms. The maximum absolute atomic E-state index is 12.4. The predicted molar refractivity (Wildman–Crippen MR) is 135 cm³/mol. The lowest BCUT2D eigenvalue weighted by molar-refractivity contribution is -0.120. The summed E-state index contributed by atoms with van der Waals surface area (Å²) in [5.41, 5.74) is 10.7. The molecular weight excluding hydrogens is 470 g/mol. The number of hydrazone groups is 1. The highest BCUT2D eigenvalue weighted by Gasteiger charge is 2.18. The van der Waals surface area contributed by atoms with Gasteiger partial charge in [0.15, 0.2) is 0 Å². The van der Waals surface area contributed by atoms with Crippen molar-refractivity contribution in [2.45, 2.75) is 45.6 Å². The summed E-state index contributed by atoms with van der Waals surface area (Å²) in [4.78, 5) is 12.4. The van der Waals surface area contributed by atoms with Crippen LogP contribution in [-0.2, 0) is 10.5 Å². The van der Waals surface area contributed by atoms with Crippen molar-refractivity contribution < 1.29 is 4.79 Å².